The quantitative estimate of drug-likeness (QED) is 0.721. The summed E-state index contributed by atoms with van der Waals surface area (Å²) in [5, 5.41) is 0.506. The topological polar surface area (TPSA) is 9.23 Å². The van der Waals surface area contributed by atoms with E-state index in [1.165, 1.54) is 18.2 Å². The van der Waals surface area contributed by atoms with Gasteiger partial charge in [-0.2, -0.15) is 0 Å². The van der Waals surface area contributed by atoms with Crippen LogP contribution in [0.2, 0.25) is 5.02 Å². The summed E-state index contributed by atoms with van der Waals surface area (Å²) in [6, 6.07) is 8.13. The van der Waals surface area contributed by atoms with Gasteiger partial charge in [0.15, 0.2) is 0 Å². The second kappa shape index (κ2) is 5.93. The van der Waals surface area contributed by atoms with Crippen molar-refractivity contribution in [3.05, 3.63) is 62.3 Å². The Morgan fingerprint density at radius 3 is 2.42 bits per heavy atom. The fourth-order valence-electron chi connectivity index (χ4n) is 1.80. The average Bonchev–Trinajstić information content (AvgIpc) is 2.37. The van der Waals surface area contributed by atoms with E-state index >= 15 is 0 Å². The zero-order valence-corrected chi connectivity index (χ0v) is 13.0. The van der Waals surface area contributed by atoms with Crippen LogP contribution in [0.4, 0.5) is 4.39 Å². The number of hydrogen-bond acceptors (Lipinski definition) is 1. The molecule has 19 heavy (non-hydrogen) atoms. The summed E-state index contributed by atoms with van der Waals surface area (Å²) in [5.74, 6) is 0.435. The Bertz CT molecular complexity index is 590. The number of rotatable bonds is 3. The molecule has 0 unspecified atom stereocenters. The van der Waals surface area contributed by atoms with Gasteiger partial charge in [0, 0.05) is 15.1 Å². The van der Waals surface area contributed by atoms with Crippen molar-refractivity contribution in [3.63, 3.8) is 0 Å². The molecule has 0 aliphatic carbocycles. The van der Waals surface area contributed by atoms with Crippen LogP contribution in [0.3, 0.4) is 0 Å². The van der Waals surface area contributed by atoms with Crippen molar-refractivity contribution in [1.29, 1.82) is 0 Å². The molecule has 0 atom stereocenters. The summed E-state index contributed by atoms with van der Waals surface area (Å²) in [6.45, 7) is 4.25. The first kappa shape index (κ1) is 14.4. The fourth-order valence-corrected chi connectivity index (χ4v) is 2.21. The SMILES string of the molecule is Cc1cc(OCc2cc(F)ccc2Cl)cc(C)c1Br. The Balaban J connectivity index is 2.17. The Morgan fingerprint density at radius 2 is 1.79 bits per heavy atom. The minimum absolute atomic E-state index is 0.247. The molecule has 1 nitrogen and oxygen atoms in total. The molecule has 0 heterocycles. The van der Waals surface area contributed by atoms with Gasteiger partial charge >= 0.3 is 0 Å². The largest absolute Gasteiger partial charge is 0.489 e. The van der Waals surface area contributed by atoms with Gasteiger partial charge in [0.1, 0.15) is 18.2 Å². The van der Waals surface area contributed by atoms with Crippen molar-refractivity contribution < 1.29 is 9.13 Å². The lowest BCUT2D eigenvalue weighted by Gasteiger charge is -2.11. The average molecular weight is 344 g/mol. The minimum atomic E-state index is -0.314. The lowest BCUT2D eigenvalue weighted by molar-refractivity contribution is 0.305. The molecule has 0 N–H and O–H groups in total. The van der Waals surface area contributed by atoms with Crippen LogP contribution in [-0.2, 0) is 6.61 Å². The zero-order chi connectivity index (χ0) is 14.0. The molecule has 0 radical (unpaired) electrons. The second-order valence-corrected chi connectivity index (χ2v) is 5.60. The summed E-state index contributed by atoms with van der Waals surface area (Å²) in [4.78, 5) is 0. The highest BCUT2D eigenvalue weighted by atomic mass is 79.9. The molecule has 0 aliphatic rings. The van der Waals surface area contributed by atoms with E-state index in [9.17, 15) is 4.39 Å². The van der Waals surface area contributed by atoms with Crippen LogP contribution in [0, 0.1) is 19.7 Å². The van der Waals surface area contributed by atoms with Gasteiger partial charge in [-0.1, -0.05) is 27.5 Å². The van der Waals surface area contributed by atoms with Crippen LogP contribution in [0.15, 0.2) is 34.8 Å². The van der Waals surface area contributed by atoms with Gasteiger partial charge in [0.2, 0.25) is 0 Å². The lowest BCUT2D eigenvalue weighted by Crippen LogP contribution is -1.98. The van der Waals surface area contributed by atoms with Crippen molar-refractivity contribution >= 4 is 27.5 Å². The molecule has 0 spiro atoms. The molecule has 2 aromatic rings. The van der Waals surface area contributed by atoms with Crippen molar-refractivity contribution in [2.75, 3.05) is 0 Å². The Morgan fingerprint density at radius 1 is 1.16 bits per heavy atom. The van der Waals surface area contributed by atoms with Crippen LogP contribution < -0.4 is 4.74 Å². The van der Waals surface area contributed by atoms with Crippen molar-refractivity contribution in [2.45, 2.75) is 20.5 Å². The van der Waals surface area contributed by atoms with Crippen LogP contribution >= 0.6 is 27.5 Å². The number of hydrogen-bond donors (Lipinski definition) is 0. The van der Waals surface area contributed by atoms with Gasteiger partial charge in [-0.15, -0.1) is 0 Å². The predicted octanol–water partition coefficient (Wildman–Crippen LogP) is 5.44. The highest BCUT2D eigenvalue weighted by Gasteiger charge is 2.06. The minimum Gasteiger partial charge on any atom is -0.489 e. The molecule has 4 heteroatoms. The predicted molar refractivity (Wildman–Crippen MR) is 79.4 cm³/mol. The summed E-state index contributed by atoms with van der Waals surface area (Å²) in [5.41, 5.74) is 2.83. The Labute approximate surface area is 125 Å². The van der Waals surface area contributed by atoms with Gasteiger partial charge in [0.25, 0.3) is 0 Å². The first-order valence-corrected chi connectivity index (χ1v) is 6.98. The highest BCUT2D eigenvalue weighted by molar-refractivity contribution is 9.10. The molecule has 2 rings (SSSR count). The molecule has 0 amide bonds. The molecule has 0 fully saturated rings. The second-order valence-electron chi connectivity index (χ2n) is 4.40. The molecule has 2 aromatic carbocycles. The van der Waals surface area contributed by atoms with E-state index < -0.39 is 0 Å². The maximum atomic E-state index is 13.1. The van der Waals surface area contributed by atoms with E-state index in [1.807, 2.05) is 26.0 Å². The molecular weight excluding hydrogens is 331 g/mol. The third-order valence-corrected chi connectivity index (χ3v) is 4.43. The first-order valence-electron chi connectivity index (χ1n) is 5.81. The maximum absolute atomic E-state index is 13.1. The standard InChI is InChI=1S/C15H13BrClFO/c1-9-5-13(6-10(2)15(9)16)19-8-11-7-12(18)3-4-14(11)17/h3-7H,8H2,1-2H3. The number of aryl methyl sites for hydroxylation is 2. The smallest absolute Gasteiger partial charge is 0.123 e. The normalized spacial score (nSPS) is 10.6. The van der Waals surface area contributed by atoms with Crippen LogP contribution in [0.1, 0.15) is 16.7 Å². The van der Waals surface area contributed by atoms with E-state index in [4.69, 9.17) is 16.3 Å². The Hall–Kier alpha value is -1.06. The van der Waals surface area contributed by atoms with Crippen molar-refractivity contribution in [1.82, 2.24) is 0 Å². The third kappa shape index (κ3) is 3.48. The number of halogens is 3. The van der Waals surface area contributed by atoms with Crippen molar-refractivity contribution in [2.24, 2.45) is 0 Å². The maximum Gasteiger partial charge on any atom is 0.123 e. The van der Waals surface area contributed by atoms with Crippen LogP contribution in [0.25, 0.3) is 0 Å². The summed E-state index contributed by atoms with van der Waals surface area (Å²) in [6.07, 6.45) is 0. The fraction of sp³-hybridized carbons (Fsp3) is 0.200. The van der Waals surface area contributed by atoms with Gasteiger partial charge in [0.05, 0.1) is 0 Å². The molecule has 100 valence electrons. The monoisotopic (exact) mass is 342 g/mol. The number of benzene rings is 2. The van der Waals surface area contributed by atoms with Gasteiger partial charge in [-0.3, -0.25) is 0 Å². The van der Waals surface area contributed by atoms with E-state index in [2.05, 4.69) is 15.9 Å². The summed E-state index contributed by atoms with van der Waals surface area (Å²) < 4.78 is 19.9. The van der Waals surface area contributed by atoms with E-state index in [0.717, 1.165) is 21.3 Å². The van der Waals surface area contributed by atoms with E-state index in [1.54, 1.807) is 0 Å². The van der Waals surface area contributed by atoms with Crippen LogP contribution in [-0.4, -0.2) is 0 Å². The highest BCUT2D eigenvalue weighted by Crippen LogP contribution is 2.27. The van der Waals surface area contributed by atoms with Gasteiger partial charge in [-0.05, 0) is 55.3 Å². The molecule has 0 bridgehead atoms. The molecule has 0 saturated heterocycles. The first-order chi connectivity index (χ1) is 8.97. The number of ether oxygens (including phenoxy) is 1. The zero-order valence-electron chi connectivity index (χ0n) is 10.6. The molecular formula is C15H13BrClFO. The third-order valence-electron chi connectivity index (χ3n) is 2.81. The summed E-state index contributed by atoms with van der Waals surface area (Å²) in [7, 11) is 0. The van der Waals surface area contributed by atoms with Crippen molar-refractivity contribution in [3.8, 4) is 5.75 Å². The summed E-state index contributed by atoms with van der Waals surface area (Å²) >= 11 is 9.50. The molecule has 0 aliphatic heterocycles. The van der Waals surface area contributed by atoms with Gasteiger partial charge in [-0.25, -0.2) is 4.39 Å². The molecule has 0 aromatic heterocycles. The Kier molecular flexibility index (Phi) is 4.48. The van der Waals surface area contributed by atoms with Crippen LogP contribution in [0.5, 0.6) is 5.75 Å². The lowest BCUT2D eigenvalue weighted by atomic mass is 10.1. The van der Waals surface area contributed by atoms with E-state index in [-0.39, 0.29) is 12.4 Å². The van der Waals surface area contributed by atoms with E-state index in [0.29, 0.717) is 10.6 Å². The van der Waals surface area contributed by atoms with Gasteiger partial charge < -0.3 is 4.74 Å². The molecule has 0 saturated carbocycles.